The van der Waals surface area contributed by atoms with Gasteiger partial charge in [0.25, 0.3) is 0 Å². The molecule has 1 N–H and O–H groups in total. The first-order chi connectivity index (χ1) is 16.0. The molecule has 1 saturated heterocycles. The highest BCUT2D eigenvalue weighted by Gasteiger charge is 2.28. The molecule has 2 atom stereocenters. The first kappa shape index (κ1) is 20.0. The van der Waals surface area contributed by atoms with Crippen LogP contribution in [0.25, 0.3) is 16.4 Å². The smallest absolute Gasteiger partial charge is 0.171 e. The number of piperazine rings is 1. The Morgan fingerprint density at radius 3 is 2.85 bits per heavy atom. The third kappa shape index (κ3) is 3.13. The highest BCUT2D eigenvalue weighted by molar-refractivity contribution is 5.86. The molecular formula is C24H25FN8. The van der Waals surface area contributed by atoms with Crippen LogP contribution >= 0.6 is 0 Å². The molecule has 2 aliphatic heterocycles. The highest BCUT2D eigenvalue weighted by Crippen LogP contribution is 2.35. The fourth-order valence-electron chi connectivity index (χ4n) is 5.25. The van der Waals surface area contributed by atoms with E-state index in [-0.39, 0.29) is 6.04 Å². The Morgan fingerprint density at radius 2 is 2.03 bits per heavy atom. The number of nitrogens with zero attached hydrogens (tertiary/aromatic N) is 7. The van der Waals surface area contributed by atoms with Crippen molar-refractivity contribution >= 4 is 27.8 Å². The van der Waals surface area contributed by atoms with E-state index in [2.05, 4.69) is 63.0 Å². The molecule has 0 amide bonds. The zero-order valence-electron chi connectivity index (χ0n) is 18.7. The number of pyridine rings is 1. The van der Waals surface area contributed by atoms with Crippen LogP contribution in [0.15, 0.2) is 36.5 Å². The Hall–Kier alpha value is -3.64. The molecule has 4 aromatic rings. The Bertz CT molecular complexity index is 1410. The molecule has 8 nitrogen and oxygen atoms in total. The molecule has 9 heteroatoms. The quantitative estimate of drug-likeness (QED) is 0.512. The highest BCUT2D eigenvalue weighted by atomic mass is 19.1. The molecule has 33 heavy (non-hydrogen) atoms. The van der Waals surface area contributed by atoms with Crippen LogP contribution in [0.5, 0.6) is 0 Å². The second-order valence-electron chi connectivity index (χ2n) is 9.09. The maximum absolute atomic E-state index is 14.7. The summed E-state index contributed by atoms with van der Waals surface area (Å²) >= 11 is 0. The van der Waals surface area contributed by atoms with Gasteiger partial charge in [-0.05, 0) is 44.2 Å². The number of hydrogen-bond acceptors (Lipinski definition) is 6. The molecule has 6 rings (SSSR count). The van der Waals surface area contributed by atoms with Crippen LogP contribution in [-0.2, 0) is 6.54 Å². The van der Waals surface area contributed by atoms with Gasteiger partial charge in [0.15, 0.2) is 5.82 Å². The molecule has 5 heterocycles. The van der Waals surface area contributed by atoms with Crippen molar-refractivity contribution in [1.82, 2.24) is 24.7 Å². The number of halogens is 1. The van der Waals surface area contributed by atoms with E-state index in [9.17, 15) is 9.65 Å². The molecule has 168 valence electrons. The lowest BCUT2D eigenvalue weighted by Gasteiger charge is -2.34. The first-order valence-electron chi connectivity index (χ1n) is 11.3. The minimum absolute atomic E-state index is 0.116. The van der Waals surface area contributed by atoms with E-state index in [0.29, 0.717) is 30.3 Å². The van der Waals surface area contributed by atoms with E-state index in [0.717, 1.165) is 41.9 Å². The SMILES string of the molecule is C[C@@H]1CN(c2ccc3c4n(nc3c2)[C@H](C)CN(c2ccc(C#N)n3ncc(F)c23)C4)CCN1. The molecule has 0 bridgehead atoms. The molecular weight excluding hydrogens is 419 g/mol. The van der Waals surface area contributed by atoms with Crippen molar-refractivity contribution < 1.29 is 4.39 Å². The van der Waals surface area contributed by atoms with E-state index in [1.807, 2.05) is 6.07 Å². The minimum Gasteiger partial charge on any atom is -0.369 e. The predicted molar refractivity (Wildman–Crippen MR) is 125 cm³/mol. The summed E-state index contributed by atoms with van der Waals surface area (Å²) in [6, 6.07) is 12.7. The van der Waals surface area contributed by atoms with Gasteiger partial charge in [0.2, 0.25) is 0 Å². The number of aromatic nitrogens is 4. The van der Waals surface area contributed by atoms with Gasteiger partial charge >= 0.3 is 0 Å². The number of hydrogen-bond donors (Lipinski definition) is 1. The molecule has 1 fully saturated rings. The van der Waals surface area contributed by atoms with Crippen molar-refractivity contribution in [2.45, 2.75) is 32.5 Å². The van der Waals surface area contributed by atoms with Crippen molar-refractivity contribution in [2.24, 2.45) is 0 Å². The number of nitrogens with one attached hydrogen (secondary N) is 1. The first-order valence-corrected chi connectivity index (χ1v) is 11.3. The molecule has 0 spiro atoms. The van der Waals surface area contributed by atoms with Crippen LogP contribution in [0.4, 0.5) is 15.8 Å². The van der Waals surface area contributed by atoms with Crippen LogP contribution in [0.1, 0.15) is 31.3 Å². The number of rotatable bonds is 2. The number of anilines is 2. The van der Waals surface area contributed by atoms with Gasteiger partial charge in [-0.1, -0.05) is 0 Å². The van der Waals surface area contributed by atoms with Crippen molar-refractivity contribution in [1.29, 1.82) is 5.26 Å². The number of benzene rings is 1. The molecule has 3 aromatic heterocycles. The topological polar surface area (TPSA) is 77.4 Å². The van der Waals surface area contributed by atoms with Crippen LogP contribution in [0.3, 0.4) is 0 Å². The largest absolute Gasteiger partial charge is 0.369 e. The van der Waals surface area contributed by atoms with Gasteiger partial charge in [-0.2, -0.15) is 15.5 Å². The lowest BCUT2D eigenvalue weighted by molar-refractivity contribution is 0.430. The maximum atomic E-state index is 14.7. The lowest BCUT2D eigenvalue weighted by Crippen LogP contribution is -2.49. The second-order valence-corrected chi connectivity index (χ2v) is 9.09. The van der Waals surface area contributed by atoms with Gasteiger partial charge in [0.05, 0.1) is 35.7 Å². The Morgan fingerprint density at radius 1 is 1.15 bits per heavy atom. The fraction of sp³-hybridized carbons (Fsp3) is 0.375. The summed E-state index contributed by atoms with van der Waals surface area (Å²) in [4.78, 5) is 4.57. The zero-order chi connectivity index (χ0) is 22.7. The summed E-state index contributed by atoms with van der Waals surface area (Å²) in [5.41, 5.74) is 4.70. The summed E-state index contributed by atoms with van der Waals surface area (Å²) in [6.07, 6.45) is 1.17. The van der Waals surface area contributed by atoms with E-state index >= 15 is 0 Å². The van der Waals surface area contributed by atoms with Gasteiger partial charge in [-0.15, -0.1) is 0 Å². The molecule has 0 saturated carbocycles. The maximum Gasteiger partial charge on any atom is 0.171 e. The summed E-state index contributed by atoms with van der Waals surface area (Å²) in [5.74, 6) is -0.423. The Balaban J connectivity index is 1.40. The van der Waals surface area contributed by atoms with Crippen LogP contribution < -0.4 is 15.1 Å². The summed E-state index contributed by atoms with van der Waals surface area (Å²) in [7, 11) is 0. The van der Waals surface area contributed by atoms with E-state index in [1.165, 1.54) is 16.4 Å². The van der Waals surface area contributed by atoms with Gasteiger partial charge in [-0.3, -0.25) is 4.68 Å². The average molecular weight is 445 g/mol. The lowest BCUT2D eigenvalue weighted by atomic mass is 10.1. The number of fused-ring (bicyclic) bond motifs is 4. The van der Waals surface area contributed by atoms with Gasteiger partial charge in [0.1, 0.15) is 17.3 Å². The van der Waals surface area contributed by atoms with Crippen LogP contribution in [-0.4, -0.2) is 51.6 Å². The van der Waals surface area contributed by atoms with Crippen LogP contribution in [0, 0.1) is 17.1 Å². The number of nitriles is 1. The molecule has 2 aliphatic rings. The summed E-state index contributed by atoms with van der Waals surface area (Å²) in [5, 5.41) is 23.0. The van der Waals surface area contributed by atoms with Crippen LogP contribution in [0.2, 0.25) is 0 Å². The van der Waals surface area contributed by atoms with Crippen molar-refractivity contribution in [3.63, 3.8) is 0 Å². The summed E-state index contributed by atoms with van der Waals surface area (Å²) < 4.78 is 18.2. The third-order valence-electron chi connectivity index (χ3n) is 6.81. The average Bonchev–Trinajstić information content (AvgIpc) is 3.39. The predicted octanol–water partition coefficient (Wildman–Crippen LogP) is 3.07. The fourth-order valence-corrected chi connectivity index (χ4v) is 5.25. The van der Waals surface area contributed by atoms with E-state index in [1.54, 1.807) is 6.07 Å². The minimum atomic E-state index is -0.423. The standard InChI is InChI=1S/C24H25FN8/c1-15-12-30(8-7-27-15)17-3-5-19-21(9-17)29-32-16(2)13-31(14-23(19)32)22-6-4-18(10-26)33-24(22)20(25)11-28-33/h3-6,9,11,15-16,27H,7-8,12-14H2,1-2H3/t15-,16-/m1/s1. The second kappa shape index (κ2) is 7.46. The summed E-state index contributed by atoms with van der Waals surface area (Å²) in [6.45, 7) is 8.59. The molecule has 0 aliphatic carbocycles. The van der Waals surface area contributed by atoms with Gasteiger partial charge < -0.3 is 15.1 Å². The van der Waals surface area contributed by atoms with Crippen molar-refractivity contribution in [2.75, 3.05) is 36.0 Å². The molecule has 0 radical (unpaired) electrons. The molecule has 1 aromatic carbocycles. The normalized spacial score (nSPS) is 20.9. The molecule has 0 unspecified atom stereocenters. The van der Waals surface area contributed by atoms with Crippen molar-refractivity contribution in [3.8, 4) is 6.07 Å². The monoisotopic (exact) mass is 444 g/mol. The third-order valence-corrected chi connectivity index (χ3v) is 6.81. The Labute approximate surface area is 190 Å². The van der Waals surface area contributed by atoms with Gasteiger partial charge in [0, 0.05) is 43.3 Å². The van der Waals surface area contributed by atoms with E-state index in [4.69, 9.17) is 5.10 Å². The van der Waals surface area contributed by atoms with E-state index < -0.39 is 5.82 Å². The Kier molecular flexibility index (Phi) is 4.52. The zero-order valence-corrected chi connectivity index (χ0v) is 18.7. The van der Waals surface area contributed by atoms with Gasteiger partial charge in [-0.25, -0.2) is 8.91 Å². The van der Waals surface area contributed by atoms with Crippen molar-refractivity contribution in [3.05, 3.63) is 53.7 Å².